The molecule has 2 aromatic rings. The molecule has 2 rings (SSSR count). The smallest absolute Gasteiger partial charge is 0.269 e. The van der Waals surface area contributed by atoms with Gasteiger partial charge in [0.1, 0.15) is 17.3 Å². The van der Waals surface area contributed by atoms with Gasteiger partial charge in [0, 0.05) is 18.8 Å². The molecule has 0 radical (unpaired) electrons. The van der Waals surface area contributed by atoms with E-state index in [1.54, 1.807) is 0 Å². The number of amides is 1. The highest BCUT2D eigenvalue weighted by Gasteiger charge is 2.06. The average Bonchev–Trinajstić information content (AvgIpc) is 2.80. The third-order valence-corrected chi connectivity index (χ3v) is 2.37. The lowest BCUT2D eigenvalue weighted by Gasteiger charge is -2.04. The van der Waals surface area contributed by atoms with Gasteiger partial charge in [0.05, 0.1) is 0 Å². The van der Waals surface area contributed by atoms with Gasteiger partial charge in [-0.2, -0.15) is 5.10 Å². The van der Waals surface area contributed by atoms with Gasteiger partial charge in [-0.3, -0.25) is 9.89 Å². The monoisotopic (exact) mass is 251 g/mol. The third kappa shape index (κ3) is 3.13. The number of hydrogen-bond acceptors (Lipinski definition) is 2. The molecule has 1 aromatic heterocycles. The maximum Gasteiger partial charge on any atom is 0.269 e. The largest absolute Gasteiger partial charge is 0.350 e. The summed E-state index contributed by atoms with van der Waals surface area (Å²) in [6.45, 7) is 0.292. The van der Waals surface area contributed by atoms with Crippen LogP contribution in [0.4, 0.5) is 8.78 Å². The molecule has 0 fully saturated rings. The normalized spacial score (nSPS) is 10.3. The Morgan fingerprint density at radius 2 is 2.00 bits per heavy atom. The fraction of sp³-hybridized carbons (Fsp3) is 0.167. The van der Waals surface area contributed by atoms with Gasteiger partial charge < -0.3 is 5.32 Å². The number of carbonyl (C=O) groups excluding carboxylic acids is 1. The molecule has 0 aliphatic heterocycles. The summed E-state index contributed by atoms with van der Waals surface area (Å²) in [6, 6.07) is 4.83. The van der Waals surface area contributed by atoms with Crippen LogP contribution < -0.4 is 5.32 Å². The molecule has 1 heterocycles. The maximum atomic E-state index is 12.9. The van der Waals surface area contributed by atoms with Crippen LogP contribution in [-0.2, 0) is 6.42 Å². The van der Waals surface area contributed by atoms with E-state index in [2.05, 4.69) is 15.5 Å². The lowest BCUT2D eigenvalue weighted by atomic mass is 10.1. The van der Waals surface area contributed by atoms with Crippen LogP contribution in [0.25, 0.3) is 0 Å². The Bertz CT molecular complexity index is 520. The molecule has 0 saturated heterocycles. The quantitative estimate of drug-likeness (QED) is 0.868. The van der Waals surface area contributed by atoms with E-state index in [4.69, 9.17) is 0 Å². The molecule has 2 N–H and O–H groups in total. The summed E-state index contributed by atoms with van der Waals surface area (Å²) in [7, 11) is 0. The second kappa shape index (κ2) is 5.39. The summed E-state index contributed by atoms with van der Waals surface area (Å²) in [5, 5.41) is 8.79. The molecule has 4 nitrogen and oxygen atoms in total. The number of hydrogen-bond donors (Lipinski definition) is 2. The summed E-state index contributed by atoms with van der Waals surface area (Å²) in [5.41, 5.74) is 0.845. The molecule has 0 unspecified atom stereocenters. The SMILES string of the molecule is O=C(NCCc1cc(F)cc(F)c1)c1ccn[nH]1. The number of H-pyrrole nitrogens is 1. The van der Waals surface area contributed by atoms with Gasteiger partial charge in [-0.25, -0.2) is 8.78 Å². The average molecular weight is 251 g/mol. The maximum absolute atomic E-state index is 12.9. The van der Waals surface area contributed by atoms with E-state index in [9.17, 15) is 13.6 Å². The predicted molar refractivity (Wildman–Crippen MR) is 61.0 cm³/mol. The second-order valence-electron chi connectivity index (χ2n) is 3.75. The van der Waals surface area contributed by atoms with E-state index < -0.39 is 11.6 Å². The van der Waals surface area contributed by atoms with E-state index in [0.717, 1.165) is 6.07 Å². The minimum atomic E-state index is -0.620. The number of aromatic amines is 1. The van der Waals surface area contributed by atoms with E-state index >= 15 is 0 Å². The van der Waals surface area contributed by atoms with Crippen molar-refractivity contribution in [1.29, 1.82) is 0 Å². The number of carbonyl (C=O) groups is 1. The van der Waals surface area contributed by atoms with Crippen LogP contribution >= 0.6 is 0 Å². The van der Waals surface area contributed by atoms with Crippen LogP contribution in [0.2, 0.25) is 0 Å². The van der Waals surface area contributed by atoms with Crippen molar-refractivity contribution >= 4 is 5.91 Å². The lowest BCUT2D eigenvalue weighted by Crippen LogP contribution is -2.26. The molecule has 18 heavy (non-hydrogen) atoms. The summed E-state index contributed by atoms with van der Waals surface area (Å²) >= 11 is 0. The molecule has 0 bridgehead atoms. The Hall–Kier alpha value is -2.24. The summed E-state index contributed by atoms with van der Waals surface area (Å²) < 4.78 is 25.8. The van der Waals surface area contributed by atoms with Crippen molar-refractivity contribution < 1.29 is 13.6 Å². The second-order valence-corrected chi connectivity index (χ2v) is 3.75. The number of nitrogens with zero attached hydrogens (tertiary/aromatic N) is 1. The molecular formula is C12H11F2N3O. The Kier molecular flexibility index (Phi) is 3.66. The molecule has 0 spiro atoms. The highest BCUT2D eigenvalue weighted by Crippen LogP contribution is 2.08. The van der Waals surface area contributed by atoms with Crippen molar-refractivity contribution in [2.75, 3.05) is 6.54 Å². The first kappa shape index (κ1) is 12.2. The zero-order chi connectivity index (χ0) is 13.0. The van der Waals surface area contributed by atoms with Crippen LogP contribution in [0.1, 0.15) is 16.1 Å². The summed E-state index contributed by atoms with van der Waals surface area (Å²) in [4.78, 5) is 11.5. The van der Waals surface area contributed by atoms with E-state index in [1.165, 1.54) is 24.4 Å². The van der Waals surface area contributed by atoms with E-state index in [1.807, 2.05) is 0 Å². The zero-order valence-electron chi connectivity index (χ0n) is 9.41. The topological polar surface area (TPSA) is 57.8 Å². The number of nitrogens with one attached hydrogen (secondary N) is 2. The summed E-state index contributed by atoms with van der Waals surface area (Å²) in [6.07, 6.45) is 1.82. The third-order valence-electron chi connectivity index (χ3n) is 2.37. The Morgan fingerprint density at radius 3 is 2.61 bits per heavy atom. The molecular weight excluding hydrogens is 240 g/mol. The molecule has 6 heteroatoms. The van der Waals surface area contributed by atoms with Crippen LogP contribution in [0.5, 0.6) is 0 Å². The molecule has 94 valence electrons. The Morgan fingerprint density at radius 1 is 1.28 bits per heavy atom. The molecule has 1 amide bonds. The van der Waals surface area contributed by atoms with Crippen LogP contribution in [0, 0.1) is 11.6 Å². The first-order valence-electron chi connectivity index (χ1n) is 5.38. The van der Waals surface area contributed by atoms with Gasteiger partial charge in [-0.1, -0.05) is 0 Å². The van der Waals surface area contributed by atoms with E-state index in [-0.39, 0.29) is 5.91 Å². The van der Waals surface area contributed by atoms with Crippen molar-refractivity contribution in [1.82, 2.24) is 15.5 Å². The van der Waals surface area contributed by atoms with Crippen molar-refractivity contribution in [2.24, 2.45) is 0 Å². The van der Waals surface area contributed by atoms with Crippen LogP contribution in [0.15, 0.2) is 30.5 Å². The lowest BCUT2D eigenvalue weighted by molar-refractivity contribution is 0.0949. The predicted octanol–water partition coefficient (Wildman–Crippen LogP) is 1.66. The van der Waals surface area contributed by atoms with Gasteiger partial charge in [-0.15, -0.1) is 0 Å². The standard InChI is InChI=1S/C12H11F2N3O/c13-9-5-8(6-10(14)7-9)1-3-15-12(18)11-2-4-16-17-11/h2,4-7H,1,3H2,(H,15,18)(H,16,17). The first-order valence-corrected chi connectivity index (χ1v) is 5.38. The Balaban J connectivity index is 1.87. The van der Waals surface area contributed by atoms with Crippen molar-refractivity contribution in [3.63, 3.8) is 0 Å². The summed E-state index contributed by atoms with van der Waals surface area (Å²) in [5.74, 6) is -1.54. The number of rotatable bonds is 4. The minimum absolute atomic E-state index is 0.292. The van der Waals surface area contributed by atoms with Crippen molar-refractivity contribution in [2.45, 2.75) is 6.42 Å². The molecule has 0 aliphatic carbocycles. The minimum Gasteiger partial charge on any atom is -0.350 e. The van der Waals surface area contributed by atoms with Crippen molar-refractivity contribution in [3.05, 3.63) is 53.4 Å². The Labute approximate surface area is 102 Å². The fourth-order valence-corrected chi connectivity index (χ4v) is 1.55. The molecule has 1 aromatic carbocycles. The fourth-order valence-electron chi connectivity index (χ4n) is 1.55. The molecule has 0 aliphatic rings. The highest BCUT2D eigenvalue weighted by atomic mass is 19.1. The number of benzene rings is 1. The molecule has 0 atom stereocenters. The highest BCUT2D eigenvalue weighted by molar-refractivity contribution is 5.92. The van der Waals surface area contributed by atoms with Crippen LogP contribution in [0.3, 0.4) is 0 Å². The van der Waals surface area contributed by atoms with Gasteiger partial charge in [-0.05, 0) is 30.2 Å². The van der Waals surface area contributed by atoms with Gasteiger partial charge >= 0.3 is 0 Å². The molecule has 0 saturated carbocycles. The number of aromatic nitrogens is 2. The number of halogens is 2. The van der Waals surface area contributed by atoms with Crippen molar-refractivity contribution in [3.8, 4) is 0 Å². The van der Waals surface area contributed by atoms with E-state index in [0.29, 0.717) is 24.2 Å². The zero-order valence-corrected chi connectivity index (χ0v) is 9.41. The van der Waals surface area contributed by atoms with Crippen LogP contribution in [-0.4, -0.2) is 22.6 Å². The van der Waals surface area contributed by atoms with Gasteiger partial charge in [0.25, 0.3) is 5.91 Å². The van der Waals surface area contributed by atoms with Gasteiger partial charge in [0.15, 0.2) is 0 Å². The van der Waals surface area contributed by atoms with Gasteiger partial charge in [0.2, 0.25) is 0 Å². The first-order chi connectivity index (χ1) is 8.65.